The Kier molecular flexibility index (Phi) is 7.43. The SMILES string of the molecule is C/C=C/CCc1ccc(C#Cc2ccc3cc(C4CCC(CC)CC4)ccc3c2F)cc1. The molecule has 1 heteroatoms. The van der Waals surface area contributed by atoms with Crippen LogP contribution < -0.4 is 0 Å². The van der Waals surface area contributed by atoms with Crippen LogP contribution in [0.1, 0.15) is 80.5 Å². The maximum Gasteiger partial charge on any atom is 0.146 e. The van der Waals surface area contributed by atoms with Gasteiger partial charge >= 0.3 is 0 Å². The zero-order valence-corrected chi connectivity index (χ0v) is 19.3. The van der Waals surface area contributed by atoms with Crippen molar-refractivity contribution >= 4 is 10.8 Å². The van der Waals surface area contributed by atoms with E-state index in [0.717, 1.165) is 29.7 Å². The highest BCUT2D eigenvalue weighted by atomic mass is 19.1. The van der Waals surface area contributed by atoms with E-state index in [2.05, 4.69) is 55.2 Å². The average Bonchev–Trinajstić information content (AvgIpc) is 2.84. The van der Waals surface area contributed by atoms with E-state index < -0.39 is 0 Å². The number of benzene rings is 3. The third-order valence-electron chi connectivity index (χ3n) is 7.00. The molecule has 32 heavy (non-hydrogen) atoms. The van der Waals surface area contributed by atoms with Crippen molar-refractivity contribution in [3.8, 4) is 11.8 Å². The third-order valence-corrected chi connectivity index (χ3v) is 7.00. The van der Waals surface area contributed by atoms with E-state index in [-0.39, 0.29) is 5.82 Å². The van der Waals surface area contributed by atoms with Crippen LogP contribution in [0.4, 0.5) is 4.39 Å². The summed E-state index contributed by atoms with van der Waals surface area (Å²) >= 11 is 0. The third kappa shape index (κ3) is 5.31. The van der Waals surface area contributed by atoms with Crippen LogP contribution >= 0.6 is 0 Å². The number of allylic oxidation sites excluding steroid dienone is 2. The summed E-state index contributed by atoms with van der Waals surface area (Å²) in [4.78, 5) is 0. The topological polar surface area (TPSA) is 0 Å². The molecule has 0 atom stereocenters. The zero-order valence-electron chi connectivity index (χ0n) is 19.3. The zero-order chi connectivity index (χ0) is 22.3. The summed E-state index contributed by atoms with van der Waals surface area (Å²) in [6, 6.07) is 18.4. The van der Waals surface area contributed by atoms with E-state index in [9.17, 15) is 0 Å². The number of fused-ring (bicyclic) bond motifs is 1. The molecule has 4 rings (SSSR count). The van der Waals surface area contributed by atoms with E-state index in [4.69, 9.17) is 0 Å². The van der Waals surface area contributed by atoms with Gasteiger partial charge in [-0.05, 0) is 92.0 Å². The molecular formula is C31H33F. The molecule has 1 aliphatic rings. The minimum atomic E-state index is -0.209. The Hall–Kier alpha value is -2.85. The van der Waals surface area contributed by atoms with E-state index in [0.29, 0.717) is 16.9 Å². The van der Waals surface area contributed by atoms with E-state index in [1.54, 1.807) is 0 Å². The van der Waals surface area contributed by atoms with Gasteiger partial charge in [0.1, 0.15) is 5.82 Å². The highest BCUT2D eigenvalue weighted by molar-refractivity contribution is 5.85. The lowest BCUT2D eigenvalue weighted by molar-refractivity contribution is 0.319. The predicted octanol–water partition coefficient (Wildman–Crippen LogP) is 8.57. The van der Waals surface area contributed by atoms with Crippen molar-refractivity contribution < 1.29 is 4.39 Å². The highest BCUT2D eigenvalue weighted by Gasteiger charge is 2.21. The highest BCUT2D eigenvalue weighted by Crippen LogP contribution is 2.38. The summed E-state index contributed by atoms with van der Waals surface area (Å²) < 4.78 is 15.2. The van der Waals surface area contributed by atoms with Gasteiger partial charge in [-0.25, -0.2) is 4.39 Å². The van der Waals surface area contributed by atoms with Gasteiger partial charge in [-0.3, -0.25) is 0 Å². The summed E-state index contributed by atoms with van der Waals surface area (Å²) in [5, 5.41) is 1.65. The Morgan fingerprint density at radius 3 is 2.44 bits per heavy atom. The van der Waals surface area contributed by atoms with Crippen molar-refractivity contribution in [2.45, 2.75) is 64.7 Å². The van der Waals surface area contributed by atoms with Crippen LogP contribution in [-0.2, 0) is 6.42 Å². The molecule has 0 radical (unpaired) electrons. The minimum Gasteiger partial charge on any atom is -0.205 e. The van der Waals surface area contributed by atoms with Gasteiger partial charge in [0.05, 0.1) is 5.56 Å². The molecule has 3 aromatic rings. The number of rotatable bonds is 5. The second-order valence-electron chi connectivity index (χ2n) is 9.09. The van der Waals surface area contributed by atoms with Crippen LogP contribution in [0.15, 0.2) is 66.7 Å². The normalized spacial score (nSPS) is 18.6. The summed E-state index contributed by atoms with van der Waals surface area (Å²) in [6.07, 6.45) is 12.8. The maximum atomic E-state index is 15.2. The second kappa shape index (κ2) is 10.6. The van der Waals surface area contributed by atoms with Crippen molar-refractivity contribution in [2.75, 3.05) is 0 Å². The molecule has 0 unspecified atom stereocenters. The molecule has 0 saturated heterocycles. The molecule has 1 aliphatic carbocycles. The van der Waals surface area contributed by atoms with E-state index in [1.165, 1.54) is 43.2 Å². The Morgan fingerprint density at radius 2 is 1.72 bits per heavy atom. The number of halogens is 1. The van der Waals surface area contributed by atoms with Gasteiger partial charge < -0.3 is 0 Å². The van der Waals surface area contributed by atoms with Gasteiger partial charge in [-0.1, -0.05) is 73.7 Å². The molecule has 164 valence electrons. The molecule has 0 heterocycles. The van der Waals surface area contributed by atoms with Gasteiger partial charge in [-0.15, -0.1) is 0 Å². The van der Waals surface area contributed by atoms with Gasteiger partial charge in [0.15, 0.2) is 0 Å². The molecule has 0 nitrogen and oxygen atoms in total. The molecule has 1 saturated carbocycles. The van der Waals surface area contributed by atoms with Crippen molar-refractivity contribution in [2.24, 2.45) is 5.92 Å². The monoisotopic (exact) mass is 424 g/mol. The lowest BCUT2D eigenvalue weighted by atomic mass is 9.77. The first-order valence-corrected chi connectivity index (χ1v) is 12.1. The molecule has 0 spiro atoms. The van der Waals surface area contributed by atoms with Crippen LogP contribution in [0.2, 0.25) is 0 Å². The van der Waals surface area contributed by atoms with Gasteiger partial charge in [0, 0.05) is 10.9 Å². The fourth-order valence-electron chi connectivity index (χ4n) is 4.88. The fourth-order valence-corrected chi connectivity index (χ4v) is 4.88. The molecule has 0 N–H and O–H groups in total. The van der Waals surface area contributed by atoms with Gasteiger partial charge in [-0.2, -0.15) is 0 Å². The smallest absolute Gasteiger partial charge is 0.146 e. The van der Waals surface area contributed by atoms with Crippen molar-refractivity contribution in [1.82, 2.24) is 0 Å². The molecule has 0 amide bonds. The summed E-state index contributed by atoms with van der Waals surface area (Å²) in [6.45, 7) is 4.34. The Bertz CT molecular complexity index is 1130. The Balaban J connectivity index is 1.49. The maximum absolute atomic E-state index is 15.2. The van der Waals surface area contributed by atoms with E-state index >= 15 is 4.39 Å². The molecule has 3 aromatic carbocycles. The fraction of sp³-hybridized carbons (Fsp3) is 0.355. The van der Waals surface area contributed by atoms with Crippen molar-refractivity contribution in [3.05, 3.63) is 94.8 Å². The standard InChI is InChI=1S/C31H33F/c1-3-5-6-7-24-8-10-25(11-9-24)14-17-27-18-19-29-22-28(20-21-30(29)31(27)32)26-15-12-23(4-2)13-16-26/h3,5,8-11,18-23,26H,4,6-7,12-13,15-16H2,1-2H3/b5-3+. The van der Waals surface area contributed by atoms with Crippen molar-refractivity contribution in [1.29, 1.82) is 0 Å². The Morgan fingerprint density at radius 1 is 0.938 bits per heavy atom. The number of aryl methyl sites for hydroxylation is 1. The number of hydrogen-bond acceptors (Lipinski definition) is 0. The average molecular weight is 425 g/mol. The summed E-state index contributed by atoms with van der Waals surface area (Å²) in [5.74, 6) is 7.47. The Labute approximate surface area is 192 Å². The number of hydrogen-bond donors (Lipinski definition) is 0. The predicted molar refractivity (Wildman–Crippen MR) is 134 cm³/mol. The van der Waals surface area contributed by atoms with Crippen molar-refractivity contribution in [3.63, 3.8) is 0 Å². The van der Waals surface area contributed by atoms with Gasteiger partial charge in [0.2, 0.25) is 0 Å². The van der Waals surface area contributed by atoms with E-state index in [1.807, 2.05) is 37.3 Å². The van der Waals surface area contributed by atoms with Gasteiger partial charge in [0.25, 0.3) is 0 Å². The largest absolute Gasteiger partial charge is 0.205 e. The molecular weight excluding hydrogens is 391 g/mol. The van der Waals surface area contributed by atoms with Crippen LogP contribution in [0, 0.1) is 23.6 Å². The van der Waals surface area contributed by atoms with Crippen LogP contribution in [0.3, 0.4) is 0 Å². The lowest BCUT2D eigenvalue weighted by Gasteiger charge is -2.28. The molecule has 1 fully saturated rings. The molecule has 0 bridgehead atoms. The first-order valence-electron chi connectivity index (χ1n) is 12.1. The minimum absolute atomic E-state index is 0.209. The van der Waals surface area contributed by atoms with Crippen LogP contribution in [-0.4, -0.2) is 0 Å². The lowest BCUT2D eigenvalue weighted by Crippen LogP contribution is -2.12. The first-order chi connectivity index (χ1) is 15.7. The summed E-state index contributed by atoms with van der Waals surface area (Å²) in [7, 11) is 0. The summed E-state index contributed by atoms with van der Waals surface area (Å²) in [5.41, 5.74) is 4.03. The quantitative estimate of drug-likeness (QED) is 0.284. The second-order valence-corrected chi connectivity index (χ2v) is 9.09. The molecule has 0 aliphatic heterocycles. The van der Waals surface area contributed by atoms with Crippen LogP contribution in [0.5, 0.6) is 0 Å². The first kappa shape index (κ1) is 22.3. The van der Waals surface area contributed by atoms with Crippen LogP contribution in [0.25, 0.3) is 10.8 Å². The molecule has 0 aromatic heterocycles.